The van der Waals surface area contributed by atoms with Gasteiger partial charge in [0.2, 0.25) is 0 Å². The van der Waals surface area contributed by atoms with Crippen molar-refractivity contribution in [3.05, 3.63) is 90.0 Å². The molecule has 0 atom stereocenters. The van der Waals surface area contributed by atoms with Crippen LogP contribution < -0.4 is 5.48 Å². The Labute approximate surface area is 209 Å². The second-order valence-electron chi connectivity index (χ2n) is 8.40. The third-order valence-corrected chi connectivity index (χ3v) is 5.96. The Morgan fingerprint density at radius 3 is 2.69 bits per heavy atom. The number of ether oxygens (including phenoxy) is 2. The summed E-state index contributed by atoms with van der Waals surface area (Å²) in [6, 6.07) is 16.0. The van der Waals surface area contributed by atoms with Crippen LogP contribution in [0.15, 0.2) is 73.3 Å². The number of nitrogens with zero attached hydrogens (tertiary/aromatic N) is 2. The second-order valence-corrected chi connectivity index (χ2v) is 8.40. The van der Waals surface area contributed by atoms with E-state index in [2.05, 4.69) is 22.0 Å². The molecule has 4 rings (SSSR count). The van der Waals surface area contributed by atoms with Crippen LogP contribution in [-0.2, 0) is 27.2 Å². The lowest BCUT2D eigenvalue weighted by molar-refractivity contribution is -0.124. The Kier molecular flexibility index (Phi) is 8.74. The van der Waals surface area contributed by atoms with Crippen LogP contribution in [0.5, 0.6) is 0 Å². The van der Waals surface area contributed by atoms with Gasteiger partial charge in [0.1, 0.15) is 6.26 Å². The van der Waals surface area contributed by atoms with Crippen molar-refractivity contribution in [1.82, 2.24) is 20.3 Å². The molecule has 0 saturated carbocycles. The minimum Gasteiger partial charge on any atom is -0.417 e. The number of H-pyrrole nitrogens is 1. The monoisotopic (exact) mass is 490 g/mol. The Morgan fingerprint density at radius 1 is 1.14 bits per heavy atom. The van der Waals surface area contributed by atoms with Crippen LogP contribution in [0.25, 0.3) is 17.0 Å². The number of amides is 2. The van der Waals surface area contributed by atoms with Crippen LogP contribution in [0.1, 0.15) is 16.7 Å². The molecule has 1 aliphatic rings. The number of hydrogen-bond donors (Lipinski definition) is 3. The Bertz CT molecular complexity index is 1210. The molecule has 3 N–H and O–H groups in total. The van der Waals surface area contributed by atoms with E-state index in [0.717, 1.165) is 23.1 Å². The number of carbonyl (C=O) groups is 2. The third-order valence-electron chi connectivity index (χ3n) is 5.96. The van der Waals surface area contributed by atoms with Crippen molar-refractivity contribution in [3.8, 4) is 0 Å². The molecule has 2 aromatic carbocycles. The van der Waals surface area contributed by atoms with Gasteiger partial charge in [-0.05, 0) is 35.3 Å². The van der Waals surface area contributed by atoms with Gasteiger partial charge in [0, 0.05) is 55.6 Å². The molecular formula is C27H30N4O5. The first-order valence-electron chi connectivity index (χ1n) is 11.8. The molecule has 0 bridgehead atoms. The van der Waals surface area contributed by atoms with Gasteiger partial charge in [0.15, 0.2) is 0 Å². The average molecular weight is 491 g/mol. The van der Waals surface area contributed by atoms with Crippen LogP contribution in [0.3, 0.4) is 0 Å². The summed E-state index contributed by atoms with van der Waals surface area (Å²) in [6.45, 7) is 3.41. The molecule has 1 fully saturated rings. The van der Waals surface area contributed by atoms with E-state index in [0.29, 0.717) is 39.4 Å². The number of benzene rings is 2. The molecule has 36 heavy (non-hydrogen) atoms. The number of hydroxylamine groups is 1. The lowest BCUT2D eigenvalue weighted by Crippen LogP contribution is -2.40. The molecule has 0 aliphatic carbocycles. The van der Waals surface area contributed by atoms with Crippen LogP contribution in [-0.4, -0.2) is 64.8 Å². The van der Waals surface area contributed by atoms with Gasteiger partial charge in [-0.25, -0.2) is 10.3 Å². The molecule has 9 heteroatoms. The van der Waals surface area contributed by atoms with E-state index in [9.17, 15) is 9.59 Å². The van der Waals surface area contributed by atoms with Crippen LogP contribution in [0.2, 0.25) is 0 Å². The highest BCUT2D eigenvalue weighted by Gasteiger charge is 2.17. The van der Waals surface area contributed by atoms with Gasteiger partial charge in [-0.15, -0.1) is 0 Å². The summed E-state index contributed by atoms with van der Waals surface area (Å²) in [5, 5.41) is 9.81. The molecule has 9 nitrogen and oxygen atoms in total. The van der Waals surface area contributed by atoms with Crippen molar-refractivity contribution in [2.75, 3.05) is 32.8 Å². The maximum atomic E-state index is 12.3. The zero-order chi connectivity index (χ0) is 25.2. The molecule has 1 aromatic heterocycles. The van der Waals surface area contributed by atoms with E-state index in [1.807, 2.05) is 42.6 Å². The molecule has 2 amide bonds. The first-order chi connectivity index (χ1) is 17.6. The first kappa shape index (κ1) is 25.0. The number of aromatic amines is 1. The van der Waals surface area contributed by atoms with E-state index >= 15 is 0 Å². The van der Waals surface area contributed by atoms with Crippen molar-refractivity contribution in [2.45, 2.75) is 13.0 Å². The number of rotatable bonds is 9. The van der Waals surface area contributed by atoms with Gasteiger partial charge >= 0.3 is 6.09 Å². The Balaban J connectivity index is 1.42. The summed E-state index contributed by atoms with van der Waals surface area (Å²) in [5.41, 5.74) is 5.79. The number of morpholine rings is 1. The quantitative estimate of drug-likeness (QED) is 0.183. The zero-order valence-corrected chi connectivity index (χ0v) is 19.9. The minimum atomic E-state index is -0.584. The summed E-state index contributed by atoms with van der Waals surface area (Å²) in [6.07, 6.45) is 8.58. The fraction of sp³-hybridized carbons (Fsp3) is 0.259. The maximum absolute atomic E-state index is 12.3. The second kappa shape index (κ2) is 12.6. The van der Waals surface area contributed by atoms with Gasteiger partial charge in [-0.3, -0.25) is 10.0 Å². The normalized spacial score (nSPS) is 14.0. The summed E-state index contributed by atoms with van der Waals surface area (Å²) >= 11 is 0. The highest BCUT2D eigenvalue weighted by Crippen LogP contribution is 2.19. The molecule has 2 heterocycles. The van der Waals surface area contributed by atoms with E-state index < -0.39 is 5.91 Å². The van der Waals surface area contributed by atoms with Crippen LogP contribution in [0, 0.1) is 0 Å². The predicted molar refractivity (Wildman–Crippen MR) is 136 cm³/mol. The van der Waals surface area contributed by atoms with Gasteiger partial charge in [-0.2, -0.15) is 0 Å². The van der Waals surface area contributed by atoms with Crippen molar-refractivity contribution in [3.63, 3.8) is 0 Å². The lowest BCUT2D eigenvalue weighted by Gasteiger charge is -2.25. The van der Waals surface area contributed by atoms with Gasteiger partial charge in [0.25, 0.3) is 5.91 Å². The van der Waals surface area contributed by atoms with Crippen LogP contribution >= 0.6 is 0 Å². The summed E-state index contributed by atoms with van der Waals surface area (Å²) in [7, 11) is 0. The third kappa shape index (κ3) is 6.97. The van der Waals surface area contributed by atoms with Crippen molar-refractivity contribution in [2.24, 2.45) is 0 Å². The molecule has 0 unspecified atom stereocenters. The van der Waals surface area contributed by atoms with Gasteiger partial charge in [-0.1, -0.05) is 42.5 Å². The van der Waals surface area contributed by atoms with E-state index in [1.165, 1.54) is 23.3 Å². The van der Waals surface area contributed by atoms with E-state index in [-0.39, 0.29) is 6.09 Å². The molecule has 0 spiro atoms. The molecule has 188 valence electrons. The van der Waals surface area contributed by atoms with Gasteiger partial charge in [0.05, 0.1) is 13.2 Å². The molecular weight excluding hydrogens is 460 g/mol. The number of para-hydroxylation sites is 1. The Morgan fingerprint density at radius 2 is 1.92 bits per heavy atom. The van der Waals surface area contributed by atoms with Gasteiger partial charge < -0.3 is 24.3 Å². The minimum absolute atomic E-state index is 0.380. The van der Waals surface area contributed by atoms with Crippen LogP contribution in [0.4, 0.5) is 4.79 Å². The highest BCUT2D eigenvalue weighted by atomic mass is 16.6. The average Bonchev–Trinajstić information content (AvgIpc) is 3.34. The number of hydrogen-bond acceptors (Lipinski definition) is 6. The molecule has 1 saturated heterocycles. The molecule has 0 radical (unpaired) electrons. The number of fused-ring (bicyclic) bond motifs is 1. The van der Waals surface area contributed by atoms with Crippen molar-refractivity contribution < 1.29 is 24.3 Å². The van der Waals surface area contributed by atoms with Crippen molar-refractivity contribution >= 4 is 29.0 Å². The largest absolute Gasteiger partial charge is 0.417 e. The molecule has 1 aliphatic heterocycles. The summed E-state index contributed by atoms with van der Waals surface area (Å²) < 4.78 is 10.7. The standard InChI is InChI=1S/C27H30N4O5/c32-26(29-34)10-9-21-5-7-22(8-6-21)20-30(13-18-36-27(33)31-14-16-35-17-15-31)12-11-23-19-28-25-4-2-1-3-24(23)25/h1-10,13,18-19,28,34H,11-12,14-17,20H2,(H,29,32)/b10-9+,18-13+. The highest BCUT2D eigenvalue weighted by molar-refractivity contribution is 5.90. The summed E-state index contributed by atoms with van der Waals surface area (Å²) in [5.74, 6) is -0.584. The van der Waals surface area contributed by atoms with E-state index in [1.54, 1.807) is 22.7 Å². The molecule has 3 aromatic rings. The smallest absolute Gasteiger partial charge is 0.414 e. The fourth-order valence-electron chi connectivity index (χ4n) is 3.98. The number of nitrogens with one attached hydrogen (secondary N) is 2. The number of aromatic nitrogens is 1. The predicted octanol–water partition coefficient (Wildman–Crippen LogP) is 3.67. The fourth-order valence-corrected chi connectivity index (χ4v) is 3.98. The Hall–Kier alpha value is -4.08. The maximum Gasteiger partial charge on any atom is 0.414 e. The number of carbonyl (C=O) groups excluding carboxylic acids is 2. The summed E-state index contributed by atoms with van der Waals surface area (Å²) in [4.78, 5) is 30.6. The van der Waals surface area contributed by atoms with Crippen molar-refractivity contribution in [1.29, 1.82) is 0 Å². The zero-order valence-electron chi connectivity index (χ0n) is 19.9. The SMILES string of the molecule is O=C(/C=C/c1ccc(CN(/C=C/OC(=O)N2CCOCC2)CCc2c[nH]c3ccccc23)cc1)NO. The lowest BCUT2D eigenvalue weighted by atomic mass is 10.1. The first-order valence-corrected chi connectivity index (χ1v) is 11.8. The van der Waals surface area contributed by atoms with E-state index in [4.69, 9.17) is 14.7 Å². The topological polar surface area (TPSA) is 107 Å².